The Balaban J connectivity index is 1.74. The number of benzene rings is 2. The van der Waals surface area contributed by atoms with Gasteiger partial charge in [-0.15, -0.1) is 0 Å². The number of hydrogen-bond acceptors (Lipinski definition) is 6. The van der Waals surface area contributed by atoms with Crippen LogP contribution in [0.2, 0.25) is 5.02 Å². The van der Waals surface area contributed by atoms with E-state index in [1.165, 1.54) is 21.9 Å². The maximum Gasteiger partial charge on any atom is 0.270 e. The van der Waals surface area contributed by atoms with E-state index in [-0.39, 0.29) is 28.6 Å². The van der Waals surface area contributed by atoms with E-state index in [4.69, 9.17) is 28.2 Å². The maximum atomic E-state index is 13.3. The van der Waals surface area contributed by atoms with E-state index >= 15 is 0 Å². The molecule has 2 amide bonds. The zero-order chi connectivity index (χ0) is 24.6. The summed E-state index contributed by atoms with van der Waals surface area (Å²) in [5.41, 5.74) is 1.46. The van der Waals surface area contributed by atoms with Gasteiger partial charge in [-0.1, -0.05) is 29.8 Å². The van der Waals surface area contributed by atoms with E-state index in [1.54, 1.807) is 62.4 Å². The molecule has 0 radical (unpaired) electrons. The molecule has 34 heavy (non-hydrogen) atoms. The largest absolute Gasteiger partial charge is 0.545 e. The predicted octanol–water partition coefficient (Wildman–Crippen LogP) is 3.84. The Labute approximate surface area is 205 Å². The van der Waals surface area contributed by atoms with Crippen molar-refractivity contribution in [2.45, 2.75) is 13.8 Å². The third-order valence-corrected chi connectivity index (χ3v) is 6.12. The number of thiocarbonyl (C=S) groups is 1. The van der Waals surface area contributed by atoms with Gasteiger partial charge in [-0.05, 0) is 74.1 Å². The van der Waals surface area contributed by atoms with Gasteiger partial charge in [0.25, 0.3) is 11.8 Å². The summed E-state index contributed by atoms with van der Waals surface area (Å²) in [6.07, 6.45) is 1.36. The fourth-order valence-electron chi connectivity index (χ4n) is 3.71. The number of likely N-dealkylation sites (N-methyl/N-ethyl adjacent to an activating group) is 1. The minimum absolute atomic E-state index is 0.0529. The lowest BCUT2D eigenvalue weighted by Gasteiger charge is -2.35. The Bertz CT molecular complexity index is 1360. The minimum Gasteiger partial charge on any atom is -0.545 e. The van der Waals surface area contributed by atoms with Crippen LogP contribution in [0, 0.1) is 6.92 Å². The van der Waals surface area contributed by atoms with Crippen molar-refractivity contribution in [1.29, 1.82) is 0 Å². The van der Waals surface area contributed by atoms with E-state index in [1.807, 2.05) is 0 Å². The quantitative estimate of drug-likeness (QED) is 0.304. The van der Waals surface area contributed by atoms with E-state index in [0.717, 1.165) is 0 Å². The number of hydrogen-bond donors (Lipinski definition) is 0. The van der Waals surface area contributed by atoms with E-state index in [0.29, 0.717) is 27.6 Å². The molecule has 2 aromatic carbocycles. The highest BCUT2D eigenvalue weighted by Gasteiger charge is 2.39. The van der Waals surface area contributed by atoms with Crippen LogP contribution in [-0.4, -0.2) is 34.3 Å². The molecule has 1 saturated heterocycles. The Kier molecular flexibility index (Phi) is 6.37. The van der Waals surface area contributed by atoms with Crippen molar-refractivity contribution >= 4 is 58.5 Å². The van der Waals surface area contributed by atoms with Gasteiger partial charge in [0.15, 0.2) is 5.11 Å². The van der Waals surface area contributed by atoms with E-state index in [2.05, 4.69) is 0 Å². The molecule has 0 atom stereocenters. The molecule has 0 saturated carbocycles. The first kappa shape index (κ1) is 23.4. The van der Waals surface area contributed by atoms with Gasteiger partial charge >= 0.3 is 0 Å². The highest BCUT2D eigenvalue weighted by molar-refractivity contribution is 7.80. The first-order chi connectivity index (χ1) is 16.2. The molecule has 9 heteroatoms. The van der Waals surface area contributed by atoms with Gasteiger partial charge in [0.05, 0.1) is 11.7 Å². The zero-order valence-electron chi connectivity index (χ0n) is 18.2. The Morgan fingerprint density at radius 2 is 1.79 bits per heavy atom. The van der Waals surface area contributed by atoms with Crippen molar-refractivity contribution in [2.75, 3.05) is 11.4 Å². The minimum atomic E-state index is -1.29. The lowest BCUT2D eigenvalue weighted by atomic mass is 10.0. The van der Waals surface area contributed by atoms with Crippen molar-refractivity contribution in [2.24, 2.45) is 0 Å². The van der Waals surface area contributed by atoms with Crippen LogP contribution in [0.5, 0.6) is 0 Å². The van der Waals surface area contributed by atoms with Crippen LogP contribution in [0.25, 0.3) is 17.4 Å². The first-order valence-corrected chi connectivity index (χ1v) is 11.1. The fourth-order valence-corrected chi connectivity index (χ4v) is 4.24. The Hall–Kier alpha value is -3.75. The molecule has 0 aliphatic carbocycles. The van der Waals surface area contributed by atoms with Crippen LogP contribution in [0.1, 0.15) is 28.6 Å². The van der Waals surface area contributed by atoms with Crippen LogP contribution in [0.3, 0.4) is 0 Å². The zero-order valence-corrected chi connectivity index (χ0v) is 19.8. The second kappa shape index (κ2) is 9.24. The number of anilines is 1. The Morgan fingerprint density at radius 1 is 1.09 bits per heavy atom. The predicted molar refractivity (Wildman–Crippen MR) is 130 cm³/mol. The molecular weight excluding hydrogens is 476 g/mol. The van der Waals surface area contributed by atoms with Crippen molar-refractivity contribution in [3.8, 4) is 11.3 Å². The number of nitrogens with zero attached hydrogens (tertiary/aromatic N) is 2. The summed E-state index contributed by atoms with van der Waals surface area (Å²) in [6, 6.07) is 14.6. The molecule has 1 fully saturated rings. The second-order valence-corrected chi connectivity index (χ2v) is 8.28. The number of amides is 2. The monoisotopic (exact) mass is 493 g/mol. The topological polar surface area (TPSA) is 93.9 Å². The van der Waals surface area contributed by atoms with Crippen molar-refractivity contribution in [1.82, 2.24) is 4.90 Å². The van der Waals surface area contributed by atoms with Crippen molar-refractivity contribution < 1.29 is 23.9 Å². The van der Waals surface area contributed by atoms with Gasteiger partial charge in [0.2, 0.25) is 0 Å². The average Bonchev–Trinajstić information content (AvgIpc) is 3.26. The van der Waals surface area contributed by atoms with Crippen LogP contribution < -0.4 is 10.0 Å². The summed E-state index contributed by atoms with van der Waals surface area (Å²) in [7, 11) is 0. The number of carbonyl (C=O) groups excluding carboxylic acids is 3. The summed E-state index contributed by atoms with van der Waals surface area (Å²) in [6.45, 7) is 3.68. The molecule has 0 spiro atoms. The molecule has 7 nitrogen and oxygen atoms in total. The molecule has 1 aromatic heterocycles. The number of aromatic carboxylic acids is 1. The second-order valence-electron chi connectivity index (χ2n) is 7.47. The van der Waals surface area contributed by atoms with Gasteiger partial charge in [0, 0.05) is 22.7 Å². The number of carboxylic acid groups (broad SMARTS) is 1. The van der Waals surface area contributed by atoms with Crippen LogP contribution in [0.4, 0.5) is 5.69 Å². The summed E-state index contributed by atoms with van der Waals surface area (Å²) in [5.74, 6) is -1.76. The first-order valence-electron chi connectivity index (χ1n) is 10.3. The molecule has 172 valence electrons. The summed E-state index contributed by atoms with van der Waals surface area (Å²) in [4.78, 5) is 40.3. The van der Waals surface area contributed by atoms with Gasteiger partial charge < -0.3 is 14.3 Å². The Morgan fingerprint density at radius 3 is 2.44 bits per heavy atom. The van der Waals surface area contributed by atoms with Gasteiger partial charge in [-0.25, -0.2) is 0 Å². The fraction of sp³-hybridized carbons (Fsp3) is 0.120. The number of carbonyl (C=O) groups is 3. The normalized spacial score (nSPS) is 15.4. The molecule has 4 rings (SSSR count). The van der Waals surface area contributed by atoms with Crippen LogP contribution >= 0.6 is 23.8 Å². The lowest BCUT2D eigenvalue weighted by molar-refractivity contribution is -0.255. The lowest BCUT2D eigenvalue weighted by Crippen LogP contribution is -2.56. The molecule has 2 heterocycles. The highest BCUT2D eigenvalue weighted by Crippen LogP contribution is 2.30. The molecule has 1 aliphatic rings. The SMILES string of the molecule is CCN1C(=O)/C(=C\c2ccc(-c3cccc(C(=O)[O-])c3C)o2)C(=O)N(c2ccc(Cl)cc2)C1=S. The van der Waals surface area contributed by atoms with Gasteiger partial charge in [0.1, 0.15) is 17.1 Å². The van der Waals surface area contributed by atoms with Crippen LogP contribution in [0.15, 0.2) is 64.6 Å². The number of halogens is 1. The smallest absolute Gasteiger partial charge is 0.270 e. The molecule has 0 unspecified atom stereocenters. The molecular formula is C25H18ClN2O5S-. The summed E-state index contributed by atoms with van der Waals surface area (Å²) < 4.78 is 5.86. The summed E-state index contributed by atoms with van der Waals surface area (Å²) in [5, 5.41) is 11.9. The molecule has 3 aromatic rings. The van der Waals surface area contributed by atoms with Crippen molar-refractivity contribution in [3.63, 3.8) is 0 Å². The van der Waals surface area contributed by atoms with E-state index in [9.17, 15) is 19.5 Å². The average molecular weight is 494 g/mol. The maximum absolute atomic E-state index is 13.3. The third-order valence-electron chi connectivity index (χ3n) is 5.46. The molecule has 1 aliphatic heterocycles. The number of rotatable bonds is 5. The standard InChI is InChI=1S/C25H19ClN2O5S/c1-3-27-22(29)20(23(30)28(25(27)34)16-9-7-15(26)8-10-16)13-17-11-12-21(33-17)18-5-4-6-19(14(18)2)24(31)32/h4-13H,3H2,1-2H3,(H,31,32)/p-1/b20-13+. The molecule has 0 N–H and O–H groups in total. The van der Waals surface area contributed by atoms with Crippen LogP contribution in [-0.2, 0) is 9.59 Å². The third kappa shape index (κ3) is 4.13. The van der Waals surface area contributed by atoms with Gasteiger partial charge in [-0.2, -0.15) is 0 Å². The van der Waals surface area contributed by atoms with Gasteiger partial charge in [-0.3, -0.25) is 19.4 Å². The highest BCUT2D eigenvalue weighted by atomic mass is 35.5. The van der Waals surface area contributed by atoms with E-state index < -0.39 is 17.8 Å². The molecule has 0 bridgehead atoms. The van der Waals surface area contributed by atoms with Crippen molar-refractivity contribution in [3.05, 3.63) is 82.1 Å². The number of furan rings is 1. The number of carboxylic acids is 1. The summed E-state index contributed by atoms with van der Waals surface area (Å²) >= 11 is 11.4.